The van der Waals surface area contributed by atoms with Crippen molar-refractivity contribution in [2.45, 2.75) is 24.7 Å². The predicted molar refractivity (Wildman–Crippen MR) is 118 cm³/mol. The number of fused-ring (bicyclic) bond motifs is 1. The molecule has 0 fully saturated rings. The van der Waals surface area contributed by atoms with E-state index in [4.69, 9.17) is 9.47 Å². The number of carbonyl (C=O) groups is 1. The molecule has 1 heterocycles. The minimum absolute atomic E-state index is 0.101. The van der Waals surface area contributed by atoms with Gasteiger partial charge in [0.1, 0.15) is 5.75 Å². The van der Waals surface area contributed by atoms with Crippen molar-refractivity contribution in [3.8, 4) is 5.75 Å². The number of hydrogen-bond acceptors (Lipinski definition) is 6. The molecule has 0 atom stereocenters. The minimum Gasteiger partial charge on any atom is -0.497 e. The summed E-state index contributed by atoms with van der Waals surface area (Å²) in [6, 6.07) is 14.8. The number of rotatable bonds is 10. The van der Waals surface area contributed by atoms with Gasteiger partial charge >= 0.3 is 0 Å². The third-order valence-corrected chi connectivity index (χ3v) is 5.49. The SMILES string of the molecule is COCCCn1c(SCC(=O)NCc2cccc(OC)c2)nc2ccccc2c1=O. The summed E-state index contributed by atoms with van der Waals surface area (Å²) in [5.74, 6) is 0.782. The molecule has 3 rings (SSSR count). The van der Waals surface area contributed by atoms with Crippen LogP contribution in [0.15, 0.2) is 58.5 Å². The second-order valence-corrected chi connectivity index (χ2v) is 7.57. The lowest BCUT2D eigenvalue weighted by Crippen LogP contribution is -2.27. The van der Waals surface area contributed by atoms with Crippen LogP contribution in [-0.2, 0) is 22.6 Å². The fourth-order valence-corrected chi connectivity index (χ4v) is 3.84. The molecule has 0 spiro atoms. The molecule has 0 saturated carbocycles. The van der Waals surface area contributed by atoms with Crippen LogP contribution in [0.3, 0.4) is 0 Å². The van der Waals surface area contributed by atoms with Gasteiger partial charge in [-0.05, 0) is 36.2 Å². The molecule has 30 heavy (non-hydrogen) atoms. The van der Waals surface area contributed by atoms with Crippen LogP contribution >= 0.6 is 11.8 Å². The fraction of sp³-hybridized carbons (Fsp3) is 0.318. The van der Waals surface area contributed by atoms with E-state index in [0.717, 1.165) is 11.3 Å². The summed E-state index contributed by atoms with van der Waals surface area (Å²) in [4.78, 5) is 29.9. The molecule has 158 valence electrons. The lowest BCUT2D eigenvalue weighted by Gasteiger charge is -2.13. The summed E-state index contributed by atoms with van der Waals surface area (Å²) in [5.41, 5.74) is 1.48. The van der Waals surface area contributed by atoms with Gasteiger partial charge in [-0.15, -0.1) is 0 Å². The summed E-state index contributed by atoms with van der Waals surface area (Å²) < 4.78 is 11.9. The lowest BCUT2D eigenvalue weighted by molar-refractivity contribution is -0.118. The van der Waals surface area contributed by atoms with E-state index < -0.39 is 0 Å². The average Bonchev–Trinajstić information content (AvgIpc) is 2.78. The Hall–Kier alpha value is -2.84. The van der Waals surface area contributed by atoms with E-state index in [0.29, 0.717) is 42.2 Å². The number of methoxy groups -OCH3 is 2. The van der Waals surface area contributed by atoms with E-state index in [1.165, 1.54) is 11.8 Å². The fourth-order valence-electron chi connectivity index (χ4n) is 2.99. The van der Waals surface area contributed by atoms with Crippen molar-refractivity contribution in [2.75, 3.05) is 26.6 Å². The van der Waals surface area contributed by atoms with Gasteiger partial charge in [0.2, 0.25) is 5.91 Å². The standard InChI is InChI=1S/C22H25N3O4S/c1-28-12-6-11-25-21(27)18-9-3-4-10-19(18)24-22(25)30-15-20(26)23-14-16-7-5-8-17(13-16)29-2/h3-5,7-10,13H,6,11-12,14-15H2,1-2H3,(H,23,26). The predicted octanol–water partition coefficient (Wildman–Crippen LogP) is 2.85. The van der Waals surface area contributed by atoms with Crippen molar-refractivity contribution >= 4 is 28.6 Å². The zero-order chi connectivity index (χ0) is 21.3. The first kappa shape index (κ1) is 21.9. The number of aromatic nitrogens is 2. The largest absolute Gasteiger partial charge is 0.497 e. The Bertz CT molecular complexity index is 1070. The quantitative estimate of drug-likeness (QED) is 0.304. The first-order valence-corrected chi connectivity index (χ1v) is 10.6. The van der Waals surface area contributed by atoms with Gasteiger partial charge < -0.3 is 14.8 Å². The maximum atomic E-state index is 12.9. The maximum Gasteiger partial charge on any atom is 0.262 e. The zero-order valence-electron chi connectivity index (χ0n) is 17.1. The van der Waals surface area contributed by atoms with E-state index in [1.54, 1.807) is 24.9 Å². The third-order valence-electron chi connectivity index (χ3n) is 4.51. The second-order valence-electron chi connectivity index (χ2n) is 6.63. The van der Waals surface area contributed by atoms with Crippen LogP contribution in [0, 0.1) is 0 Å². The highest BCUT2D eigenvalue weighted by molar-refractivity contribution is 7.99. The van der Waals surface area contributed by atoms with Gasteiger partial charge in [0.15, 0.2) is 5.16 Å². The highest BCUT2D eigenvalue weighted by Gasteiger charge is 2.13. The number of benzene rings is 2. The van der Waals surface area contributed by atoms with Crippen molar-refractivity contribution in [3.05, 3.63) is 64.4 Å². The van der Waals surface area contributed by atoms with Crippen LogP contribution in [0.4, 0.5) is 0 Å². The molecule has 2 aromatic carbocycles. The molecule has 0 bridgehead atoms. The van der Waals surface area contributed by atoms with Gasteiger partial charge in [0, 0.05) is 26.8 Å². The van der Waals surface area contributed by atoms with Crippen molar-refractivity contribution in [2.24, 2.45) is 0 Å². The Balaban J connectivity index is 1.69. The summed E-state index contributed by atoms with van der Waals surface area (Å²) in [5, 5.41) is 4.00. The number of carbonyl (C=O) groups excluding carboxylic acids is 1. The summed E-state index contributed by atoms with van der Waals surface area (Å²) in [7, 11) is 3.24. The smallest absolute Gasteiger partial charge is 0.262 e. The molecule has 1 aromatic heterocycles. The van der Waals surface area contributed by atoms with Gasteiger partial charge in [-0.1, -0.05) is 36.0 Å². The Labute approximate surface area is 179 Å². The van der Waals surface area contributed by atoms with Crippen LogP contribution in [0.25, 0.3) is 10.9 Å². The number of ether oxygens (including phenoxy) is 2. The zero-order valence-corrected chi connectivity index (χ0v) is 17.9. The van der Waals surface area contributed by atoms with Gasteiger partial charge in [-0.25, -0.2) is 4.98 Å². The van der Waals surface area contributed by atoms with Crippen LogP contribution in [0.1, 0.15) is 12.0 Å². The molecule has 1 amide bonds. The van der Waals surface area contributed by atoms with Crippen molar-refractivity contribution in [3.63, 3.8) is 0 Å². The second kappa shape index (κ2) is 10.8. The lowest BCUT2D eigenvalue weighted by atomic mass is 10.2. The molecule has 7 nitrogen and oxygen atoms in total. The van der Waals surface area contributed by atoms with Crippen molar-refractivity contribution in [1.82, 2.24) is 14.9 Å². The number of hydrogen-bond donors (Lipinski definition) is 1. The molecule has 0 aliphatic carbocycles. The third kappa shape index (κ3) is 5.61. The first-order chi connectivity index (χ1) is 14.6. The van der Waals surface area contributed by atoms with Gasteiger partial charge in [0.05, 0.1) is 23.8 Å². The number of para-hydroxylation sites is 1. The molecule has 0 aliphatic rings. The molecule has 3 aromatic rings. The Morgan fingerprint density at radius 1 is 1.17 bits per heavy atom. The topological polar surface area (TPSA) is 82.4 Å². The first-order valence-electron chi connectivity index (χ1n) is 9.63. The Kier molecular flexibility index (Phi) is 7.87. The van der Waals surface area contributed by atoms with Gasteiger partial charge in [-0.2, -0.15) is 0 Å². The molecule has 0 unspecified atom stereocenters. The molecule has 0 aliphatic heterocycles. The Morgan fingerprint density at radius 2 is 2.00 bits per heavy atom. The maximum absolute atomic E-state index is 12.9. The Morgan fingerprint density at radius 3 is 2.80 bits per heavy atom. The molecule has 0 saturated heterocycles. The van der Waals surface area contributed by atoms with Gasteiger partial charge in [0.25, 0.3) is 5.56 Å². The summed E-state index contributed by atoms with van der Waals surface area (Å²) >= 11 is 1.26. The number of thioether (sulfide) groups is 1. The number of nitrogens with one attached hydrogen (secondary N) is 1. The number of amides is 1. The molecule has 1 N–H and O–H groups in total. The number of nitrogens with zero attached hydrogens (tertiary/aromatic N) is 2. The van der Waals surface area contributed by atoms with E-state index in [9.17, 15) is 9.59 Å². The average molecular weight is 428 g/mol. The molecule has 0 radical (unpaired) electrons. The van der Waals surface area contributed by atoms with Crippen molar-refractivity contribution in [1.29, 1.82) is 0 Å². The van der Waals surface area contributed by atoms with E-state index in [2.05, 4.69) is 10.3 Å². The molecular weight excluding hydrogens is 402 g/mol. The van der Waals surface area contributed by atoms with Crippen LogP contribution in [-0.4, -0.2) is 42.0 Å². The highest BCUT2D eigenvalue weighted by atomic mass is 32.2. The molecular formula is C22H25N3O4S. The van der Waals surface area contributed by atoms with E-state index >= 15 is 0 Å². The van der Waals surface area contributed by atoms with Crippen LogP contribution in [0.2, 0.25) is 0 Å². The normalized spacial score (nSPS) is 10.9. The van der Waals surface area contributed by atoms with Crippen molar-refractivity contribution < 1.29 is 14.3 Å². The summed E-state index contributed by atoms with van der Waals surface area (Å²) in [6.07, 6.45) is 0.687. The van der Waals surface area contributed by atoms with E-state index in [1.807, 2.05) is 42.5 Å². The highest BCUT2D eigenvalue weighted by Crippen LogP contribution is 2.18. The summed E-state index contributed by atoms with van der Waals surface area (Å²) in [6.45, 7) is 1.44. The van der Waals surface area contributed by atoms with Crippen LogP contribution in [0.5, 0.6) is 5.75 Å². The monoisotopic (exact) mass is 427 g/mol. The molecule has 8 heteroatoms. The van der Waals surface area contributed by atoms with Gasteiger partial charge in [-0.3, -0.25) is 14.2 Å². The van der Waals surface area contributed by atoms with E-state index in [-0.39, 0.29) is 17.2 Å². The minimum atomic E-state index is -0.131. The van der Waals surface area contributed by atoms with Crippen LogP contribution < -0.4 is 15.6 Å².